The summed E-state index contributed by atoms with van der Waals surface area (Å²) in [6.45, 7) is 7.27. The van der Waals surface area contributed by atoms with Crippen LogP contribution in [0.1, 0.15) is 24.0 Å². The van der Waals surface area contributed by atoms with Crippen molar-refractivity contribution in [1.29, 1.82) is 5.26 Å². The predicted molar refractivity (Wildman–Crippen MR) is 143 cm³/mol. The van der Waals surface area contributed by atoms with Crippen LogP contribution in [0.15, 0.2) is 30.6 Å². The summed E-state index contributed by atoms with van der Waals surface area (Å²) >= 11 is 0. The van der Waals surface area contributed by atoms with Crippen LogP contribution in [0.5, 0.6) is 0 Å². The number of halogens is 3. The van der Waals surface area contributed by atoms with Crippen molar-refractivity contribution in [3.05, 3.63) is 41.7 Å². The van der Waals surface area contributed by atoms with Gasteiger partial charge in [0.1, 0.15) is 12.3 Å². The van der Waals surface area contributed by atoms with Crippen LogP contribution in [-0.4, -0.2) is 56.0 Å². The highest BCUT2D eigenvalue weighted by molar-refractivity contribution is 7.86. The molecule has 3 aromatic rings. The molecule has 1 aliphatic rings. The second-order valence-corrected chi connectivity index (χ2v) is 18.0. The Bertz CT molecular complexity index is 1510. The van der Waals surface area contributed by atoms with E-state index in [1.54, 1.807) is 22.9 Å². The minimum Gasteiger partial charge on any atom is -0.361 e. The Labute approximate surface area is 226 Å². The smallest absolute Gasteiger partial charge is 0.361 e. The average molecular weight is 582 g/mol. The van der Waals surface area contributed by atoms with E-state index in [2.05, 4.69) is 41.0 Å². The molecule has 4 rings (SSSR count). The molecule has 9 nitrogen and oxygen atoms in total. The van der Waals surface area contributed by atoms with Gasteiger partial charge < -0.3 is 14.6 Å². The van der Waals surface area contributed by atoms with E-state index in [1.807, 2.05) is 0 Å². The Morgan fingerprint density at radius 2 is 2.00 bits per heavy atom. The summed E-state index contributed by atoms with van der Waals surface area (Å²) in [6, 6.07) is 7.26. The molecule has 0 bridgehead atoms. The zero-order valence-corrected chi connectivity index (χ0v) is 23.9. The van der Waals surface area contributed by atoms with E-state index in [-0.39, 0.29) is 23.9 Å². The molecule has 210 valence electrons. The second kappa shape index (κ2) is 10.9. The topological polar surface area (TPSA) is 119 Å². The minimum atomic E-state index is -4.73. The summed E-state index contributed by atoms with van der Waals surface area (Å²) in [6.07, 6.45) is -1.17. The molecule has 1 N–H and O–H groups in total. The van der Waals surface area contributed by atoms with Gasteiger partial charge in [0, 0.05) is 38.0 Å². The lowest BCUT2D eigenvalue weighted by Crippen LogP contribution is -2.46. The number of rotatable bonds is 10. The Balaban J connectivity index is 1.73. The summed E-state index contributed by atoms with van der Waals surface area (Å²) in [7, 11) is -5.04. The molecule has 0 spiro atoms. The summed E-state index contributed by atoms with van der Waals surface area (Å²) in [5, 5.41) is 12.8. The third kappa shape index (κ3) is 7.16. The zero-order chi connectivity index (χ0) is 28.6. The number of nitriles is 1. The largest absolute Gasteiger partial charge is 0.419 e. The molecule has 39 heavy (non-hydrogen) atoms. The molecule has 1 aromatic carbocycles. The standard InChI is InChI=1S/C25H30F3N5O4SSi/c1-38(34,35)37-22-8-7-20(22)31-24-30-13-19(25(26,27)28)23(32-24)18-14-33(15-36-9-10-39(2,3)4)21-11-16(12-29)5-6-17(18)21/h5-6,11,13-14,20,22H,7-10,15H2,1-4H3,(H,30,31,32)/t20-,22+/m0/s1. The van der Waals surface area contributed by atoms with Gasteiger partial charge in [0.25, 0.3) is 10.1 Å². The molecular formula is C25H30F3N5O4SSi. The Kier molecular flexibility index (Phi) is 8.09. The lowest BCUT2D eigenvalue weighted by Gasteiger charge is -2.35. The van der Waals surface area contributed by atoms with Gasteiger partial charge in [-0.05, 0) is 31.0 Å². The molecule has 2 aromatic heterocycles. The summed E-state index contributed by atoms with van der Waals surface area (Å²) in [5.74, 6) is -0.0780. The third-order valence-electron chi connectivity index (χ3n) is 6.41. The maximum atomic E-state index is 14.1. The molecule has 0 radical (unpaired) electrons. The van der Waals surface area contributed by atoms with Gasteiger partial charge in [-0.15, -0.1) is 0 Å². The lowest BCUT2D eigenvalue weighted by atomic mass is 9.89. The van der Waals surface area contributed by atoms with Gasteiger partial charge in [-0.3, -0.25) is 4.18 Å². The maximum Gasteiger partial charge on any atom is 0.419 e. The van der Waals surface area contributed by atoms with E-state index in [0.29, 0.717) is 42.1 Å². The molecule has 0 amide bonds. The Morgan fingerprint density at radius 1 is 1.26 bits per heavy atom. The van der Waals surface area contributed by atoms with Gasteiger partial charge >= 0.3 is 6.18 Å². The molecule has 0 saturated heterocycles. The number of ether oxygens (including phenoxy) is 1. The van der Waals surface area contributed by atoms with Crippen molar-refractivity contribution in [2.24, 2.45) is 0 Å². The van der Waals surface area contributed by atoms with Gasteiger partial charge in [0.05, 0.1) is 41.2 Å². The van der Waals surface area contributed by atoms with Crippen LogP contribution in [0.2, 0.25) is 25.7 Å². The predicted octanol–water partition coefficient (Wildman–Crippen LogP) is 5.22. The zero-order valence-electron chi connectivity index (χ0n) is 22.0. The van der Waals surface area contributed by atoms with E-state index >= 15 is 0 Å². The maximum absolute atomic E-state index is 14.1. The molecule has 1 fully saturated rings. The molecule has 2 heterocycles. The van der Waals surface area contributed by atoms with Crippen LogP contribution in [0.25, 0.3) is 22.2 Å². The molecule has 0 aliphatic heterocycles. The van der Waals surface area contributed by atoms with Crippen LogP contribution >= 0.6 is 0 Å². The Hall–Kier alpha value is -2.99. The summed E-state index contributed by atoms with van der Waals surface area (Å²) < 4.78 is 77.8. The number of nitrogens with zero attached hydrogens (tertiary/aromatic N) is 4. The monoisotopic (exact) mass is 581 g/mol. The number of hydrogen-bond donors (Lipinski definition) is 1. The first-order valence-electron chi connectivity index (χ1n) is 12.3. The van der Waals surface area contributed by atoms with Crippen molar-refractivity contribution in [2.75, 3.05) is 18.2 Å². The fourth-order valence-corrected chi connectivity index (χ4v) is 5.64. The molecule has 1 aliphatic carbocycles. The van der Waals surface area contributed by atoms with Crippen molar-refractivity contribution >= 4 is 35.0 Å². The average Bonchev–Trinajstić information content (AvgIpc) is 3.19. The molecular weight excluding hydrogens is 551 g/mol. The molecule has 1 saturated carbocycles. The van der Waals surface area contributed by atoms with Crippen molar-refractivity contribution in [3.63, 3.8) is 0 Å². The Morgan fingerprint density at radius 3 is 2.59 bits per heavy atom. The number of fused-ring (bicyclic) bond motifs is 1. The van der Waals surface area contributed by atoms with Gasteiger partial charge in [-0.25, -0.2) is 9.97 Å². The van der Waals surface area contributed by atoms with Crippen molar-refractivity contribution in [2.45, 2.75) is 63.6 Å². The first-order valence-corrected chi connectivity index (χ1v) is 17.9. The SMILES string of the molecule is C[Si](C)(C)CCOCn1cc(-c2nc(N[C@H]3CC[C@H]3OS(C)(=O)=O)ncc2C(F)(F)F)c2ccc(C#N)cc21. The van der Waals surface area contributed by atoms with Gasteiger partial charge in [0.2, 0.25) is 5.95 Å². The summed E-state index contributed by atoms with van der Waals surface area (Å²) in [4.78, 5) is 8.10. The number of alkyl halides is 3. The van der Waals surface area contributed by atoms with E-state index < -0.39 is 42.1 Å². The normalized spacial score (nSPS) is 18.1. The number of aromatic nitrogens is 3. The fraction of sp³-hybridized carbons (Fsp3) is 0.480. The number of anilines is 1. The first-order chi connectivity index (χ1) is 18.1. The van der Waals surface area contributed by atoms with Crippen LogP contribution in [0.4, 0.5) is 19.1 Å². The minimum absolute atomic E-state index is 0.0780. The van der Waals surface area contributed by atoms with Crippen molar-refractivity contribution in [3.8, 4) is 17.3 Å². The number of nitrogens with one attached hydrogen (secondary N) is 1. The van der Waals surface area contributed by atoms with Crippen LogP contribution in [0, 0.1) is 11.3 Å². The highest BCUT2D eigenvalue weighted by atomic mass is 32.2. The summed E-state index contributed by atoms with van der Waals surface area (Å²) in [5.41, 5.74) is -0.250. The van der Waals surface area contributed by atoms with Gasteiger partial charge in [-0.1, -0.05) is 25.7 Å². The molecule has 0 unspecified atom stereocenters. The third-order valence-corrected chi connectivity index (χ3v) is 8.71. The highest BCUT2D eigenvalue weighted by Crippen LogP contribution is 2.40. The van der Waals surface area contributed by atoms with Crippen molar-refractivity contribution in [1.82, 2.24) is 14.5 Å². The number of hydrogen-bond acceptors (Lipinski definition) is 8. The van der Waals surface area contributed by atoms with Crippen LogP contribution in [-0.2, 0) is 31.9 Å². The quantitative estimate of drug-likeness (QED) is 0.197. The molecule has 14 heteroatoms. The van der Waals surface area contributed by atoms with E-state index in [9.17, 15) is 26.9 Å². The van der Waals surface area contributed by atoms with E-state index in [0.717, 1.165) is 12.3 Å². The van der Waals surface area contributed by atoms with E-state index in [1.165, 1.54) is 6.07 Å². The van der Waals surface area contributed by atoms with Crippen LogP contribution in [0.3, 0.4) is 0 Å². The van der Waals surface area contributed by atoms with E-state index in [4.69, 9.17) is 8.92 Å². The second-order valence-electron chi connectivity index (χ2n) is 10.8. The van der Waals surface area contributed by atoms with Gasteiger partial charge in [0.15, 0.2) is 0 Å². The van der Waals surface area contributed by atoms with Crippen LogP contribution < -0.4 is 5.32 Å². The fourth-order valence-electron chi connectivity index (χ4n) is 4.20. The van der Waals surface area contributed by atoms with Gasteiger partial charge in [-0.2, -0.15) is 26.9 Å². The first kappa shape index (κ1) is 29.0. The van der Waals surface area contributed by atoms with Crippen molar-refractivity contribution < 1.29 is 30.5 Å². The number of benzene rings is 1. The highest BCUT2D eigenvalue weighted by Gasteiger charge is 2.38. The molecule has 2 atom stereocenters. The lowest BCUT2D eigenvalue weighted by molar-refractivity contribution is -0.137.